The number of hydrogen-bond acceptors (Lipinski definition) is 5. The molecule has 1 unspecified atom stereocenters. The van der Waals surface area contributed by atoms with Crippen LogP contribution >= 0.6 is 11.8 Å². The number of aliphatic hydroxyl groups is 2. The fraction of sp³-hybridized carbons (Fsp3) is 0.222. The number of rotatable bonds is 6. The number of hydrogen-bond donors (Lipinski definition) is 2. The lowest BCUT2D eigenvalue weighted by atomic mass is 10.2. The molecule has 24 heavy (non-hydrogen) atoms. The van der Waals surface area contributed by atoms with Gasteiger partial charge in [-0.2, -0.15) is 0 Å². The third kappa shape index (κ3) is 3.67. The summed E-state index contributed by atoms with van der Waals surface area (Å²) in [5.74, 6) is 1.11. The Balaban J connectivity index is 2.03. The van der Waals surface area contributed by atoms with E-state index in [1.807, 2.05) is 66.1 Å². The first-order valence-corrected chi connectivity index (χ1v) is 8.67. The Morgan fingerprint density at radius 1 is 1.04 bits per heavy atom. The van der Waals surface area contributed by atoms with E-state index >= 15 is 0 Å². The normalized spacial score (nSPS) is 12.3. The topological polar surface area (TPSA) is 71.2 Å². The summed E-state index contributed by atoms with van der Waals surface area (Å²) in [4.78, 5) is 0. The molecule has 0 fully saturated rings. The van der Waals surface area contributed by atoms with E-state index in [0.29, 0.717) is 10.9 Å². The minimum Gasteiger partial charge on any atom is -0.394 e. The van der Waals surface area contributed by atoms with Crippen molar-refractivity contribution < 1.29 is 10.2 Å². The second kappa shape index (κ2) is 7.61. The van der Waals surface area contributed by atoms with E-state index in [1.54, 1.807) is 0 Å². The Hall–Kier alpha value is -2.15. The van der Waals surface area contributed by atoms with Crippen molar-refractivity contribution in [1.82, 2.24) is 14.8 Å². The first-order chi connectivity index (χ1) is 11.7. The third-order valence-electron chi connectivity index (χ3n) is 3.57. The van der Waals surface area contributed by atoms with Crippen LogP contribution in [0.5, 0.6) is 0 Å². The number of aryl methyl sites for hydroxylation is 1. The summed E-state index contributed by atoms with van der Waals surface area (Å²) in [5.41, 5.74) is 3.11. The van der Waals surface area contributed by atoms with Crippen molar-refractivity contribution in [2.24, 2.45) is 0 Å². The van der Waals surface area contributed by atoms with Crippen LogP contribution in [0, 0.1) is 6.92 Å². The molecule has 0 spiro atoms. The predicted molar refractivity (Wildman–Crippen MR) is 95.3 cm³/mol. The van der Waals surface area contributed by atoms with Crippen LogP contribution < -0.4 is 0 Å². The Labute approximate surface area is 145 Å². The van der Waals surface area contributed by atoms with Gasteiger partial charge in [0.25, 0.3) is 0 Å². The van der Waals surface area contributed by atoms with Crippen molar-refractivity contribution in [2.75, 3.05) is 12.4 Å². The fourth-order valence-corrected chi connectivity index (χ4v) is 3.15. The SMILES string of the molecule is Cc1ccc(-n2c(SCC(O)CO)nnc2-c2ccccc2)cc1. The predicted octanol–water partition coefficient (Wildman–Crippen LogP) is 2.69. The molecule has 0 aliphatic carbocycles. The van der Waals surface area contributed by atoms with Gasteiger partial charge in [-0.1, -0.05) is 59.8 Å². The average Bonchev–Trinajstić information content (AvgIpc) is 3.05. The fourth-order valence-electron chi connectivity index (χ4n) is 2.29. The smallest absolute Gasteiger partial charge is 0.196 e. The van der Waals surface area contributed by atoms with Gasteiger partial charge in [-0.15, -0.1) is 10.2 Å². The molecular formula is C18H19N3O2S. The van der Waals surface area contributed by atoms with E-state index in [0.717, 1.165) is 17.1 Å². The number of aliphatic hydroxyl groups excluding tert-OH is 2. The highest BCUT2D eigenvalue weighted by Crippen LogP contribution is 2.28. The zero-order valence-corrected chi connectivity index (χ0v) is 14.1. The molecule has 5 nitrogen and oxygen atoms in total. The number of benzene rings is 2. The molecule has 0 aliphatic heterocycles. The lowest BCUT2D eigenvalue weighted by molar-refractivity contribution is 0.113. The zero-order chi connectivity index (χ0) is 16.9. The summed E-state index contributed by atoms with van der Waals surface area (Å²) in [6.07, 6.45) is -0.779. The van der Waals surface area contributed by atoms with Crippen LogP contribution in [-0.4, -0.2) is 43.4 Å². The highest BCUT2D eigenvalue weighted by molar-refractivity contribution is 7.99. The molecule has 6 heteroatoms. The third-order valence-corrected chi connectivity index (χ3v) is 4.65. The van der Waals surface area contributed by atoms with Gasteiger partial charge in [0.05, 0.1) is 12.7 Å². The second-order valence-corrected chi connectivity index (χ2v) is 6.48. The van der Waals surface area contributed by atoms with Crippen molar-refractivity contribution in [1.29, 1.82) is 0 Å². The van der Waals surface area contributed by atoms with Crippen LogP contribution in [0.3, 0.4) is 0 Å². The van der Waals surface area contributed by atoms with Gasteiger partial charge >= 0.3 is 0 Å². The molecule has 2 N–H and O–H groups in total. The second-order valence-electron chi connectivity index (χ2n) is 5.49. The molecule has 0 saturated carbocycles. The van der Waals surface area contributed by atoms with Crippen LogP contribution in [0.4, 0.5) is 0 Å². The molecule has 124 valence electrons. The summed E-state index contributed by atoms with van der Waals surface area (Å²) in [5, 5.41) is 27.9. The summed E-state index contributed by atoms with van der Waals surface area (Å²) >= 11 is 1.37. The van der Waals surface area contributed by atoms with Crippen LogP contribution in [0.1, 0.15) is 5.56 Å². The maximum Gasteiger partial charge on any atom is 0.196 e. The minimum atomic E-state index is -0.779. The molecule has 1 aromatic heterocycles. The van der Waals surface area contributed by atoms with E-state index in [1.165, 1.54) is 17.3 Å². The van der Waals surface area contributed by atoms with Gasteiger partial charge in [-0.25, -0.2) is 0 Å². The summed E-state index contributed by atoms with van der Waals surface area (Å²) in [6.45, 7) is 1.78. The summed E-state index contributed by atoms with van der Waals surface area (Å²) in [6, 6.07) is 18.0. The lowest BCUT2D eigenvalue weighted by Gasteiger charge is -2.11. The molecule has 3 aromatic rings. The van der Waals surface area contributed by atoms with E-state index in [-0.39, 0.29) is 6.61 Å². The Kier molecular flexibility index (Phi) is 5.30. The molecule has 0 saturated heterocycles. The molecule has 0 amide bonds. The van der Waals surface area contributed by atoms with Crippen LogP contribution in [0.25, 0.3) is 17.1 Å². The molecule has 0 bridgehead atoms. The van der Waals surface area contributed by atoms with Crippen molar-refractivity contribution >= 4 is 11.8 Å². The van der Waals surface area contributed by atoms with Crippen molar-refractivity contribution in [3.05, 3.63) is 60.2 Å². The largest absolute Gasteiger partial charge is 0.394 e. The van der Waals surface area contributed by atoms with Crippen molar-refractivity contribution in [3.63, 3.8) is 0 Å². The highest BCUT2D eigenvalue weighted by Gasteiger charge is 2.17. The van der Waals surface area contributed by atoms with Gasteiger partial charge in [0.1, 0.15) is 0 Å². The van der Waals surface area contributed by atoms with Gasteiger partial charge in [0.15, 0.2) is 11.0 Å². The van der Waals surface area contributed by atoms with E-state index < -0.39 is 6.10 Å². The standard InChI is InChI=1S/C18H19N3O2S/c1-13-7-9-15(10-8-13)21-17(14-5-3-2-4-6-14)19-20-18(21)24-12-16(23)11-22/h2-10,16,22-23H,11-12H2,1H3. The van der Waals surface area contributed by atoms with E-state index in [2.05, 4.69) is 10.2 Å². The number of aromatic nitrogens is 3. The zero-order valence-electron chi connectivity index (χ0n) is 13.3. The molecule has 2 aromatic carbocycles. The highest BCUT2D eigenvalue weighted by atomic mass is 32.2. The van der Waals surface area contributed by atoms with Crippen LogP contribution in [0.15, 0.2) is 59.8 Å². The van der Waals surface area contributed by atoms with E-state index in [9.17, 15) is 5.11 Å². The molecular weight excluding hydrogens is 322 g/mol. The monoisotopic (exact) mass is 341 g/mol. The first kappa shape index (κ1) is 16.7. The molecule has 1 atom stereocenters. The molecule has 0 aliphatic rings. The Bertz CT molecular complexity index is 788. The van der Waals surface area contributed by atoms with Gasteiger partial charge in [-0.05, 0) is 19.1 Å². The van der Waals surface area contributed by atoms with Crippen molar-refractivity contribution in [3.8, 4) is 17.1 Å². The maximum absolute atomic E-state index is 9.61. The minimum absolute atomic E-state index is 0.267. The van der Waals surface area contributed by atoms with Gasteiger partial charge < -0.3 is 10.2 Å². The number of nitrogens with zero attached hydrogens (tertiary/aromatic N) is 3. The van der Waals surface area contributed by atoms with E-state index in [4.69, 9.17) is 5.11 Å². The van der Waals surface area contributed by atoms with Crippen LogP contribution in [-0.2, 0) is 0 Å². The van der Waals surface area contributed by atoms with Crippen LogP contribution in [0.2, 0.25) is 0 Å². The quantitative estimate of drug-likeness (QED) is 0.675. The average molecular weight is 341 g/mol. The Morgan fingerprint density at radius 2 is 1.75 bits per heavy atom. The van der Waals surface area contributed by atoms with Gasteiger partial charge in [0.2, 0.25) is 0 Å². The molecule has 3 rings (SSSR count). The maximum atomic E-state index is 9.61. The van der Waals surface area contributed by atoms with Gasteiger partial charge in [0, 0.05) is 17.0 Å². The molecule has 1 heterocycles. The number of thioether (sulfide) groups is 1. The summed E-state index contributed by atoms with van der Waals surface area (Å²) < 4.78 is 1.98. The first-order valence-electron chi connectivity index (χ1n) is 7.68. The Morgan fingerprint density at radius 3 is 2.42 bits per heavy atom. The molecule has 0 radical (unpaired) electrons. The summed E-state index contributed by atoms with van der Waals surface area (Å²) in [7, 11) is 0. The lowest BCUT2D eigenvalue weighted by Crippen LogP contribution is -2.15. The van der Waals surface area contributed by atoms with Crippen molar-refractivity contribution in [2.45, 2.75) is 18.2 Å². The van der Waals surface area contributed by atoms with Gasteiger partial charge in [-0.3, -0.25) is 4.57 Å².